The summed E-state index contributed by atoms with van der Waals surface area (Å²) >= 11 is 11.2. The van der Waals surface area contributed by atoms with E-state index in [1.54, 1.807) is 23.3 Å². The quantitative estimate of drug-likeness (QED) is 0.592. The highest BCUT2D eigenvalue weighted by Gasteiger charge is 2.05. The number of benzene rings is 2. The fourth-order valence-electron chi connectivity index (χ4n) is 2.12. The predicted octanol–water partition coefficient (Wildman–Crippen LogP) is 5.56. The van der Waals surface area contributed by atoms with E-state index < -0.39 is 0 Å². The van der Waals surface area contributed by atoms with Crippen LogP contribution in [0.1, 0.15) is 24.0 Å². The molecule has 0 nitrogen and oxygen atoms in total. The number of hydrogen-bond donors (Lipinski definition) is 0. The van der Waals surface area contributed by atoms with Crippen LogP contribution in [0.3, 0.4) is 0 Å². The van der Waals surface area contributed by atoms with Gasteiger partial charge in [0.25, 0.3) is 0 Å². The second kappa shape index (κ2) is 6.82. The fourth-order valence-corrected chi connectivity index (χ4v) is 2.39. The Hall–Kier alpha value is -0.980. The predicted molar refractivity (Wildman–Crippen MR) is 79.5 cm³/mol. The topological polar surface area (TPSA) is 0 Å². The van der Waals surface area contributed by atoms with Gasteiger partial charge in [-0.3, -0.25) is 0 Å². The van der Waals surface area contributed by atoms with Crippen LogP contribution in [0.25, 0.3) is 0 Å². The van der Waals surface area contributed by atoms with Gasteiger partial charge in [0.1, 0.15) is 0 Å². The maximum absolute atomic E-state index is 5.58. The zero-order valence-corrected chi connectivity index (χ0v) is 11.7. The average molecular weight is 279 g/mol. The van der Waals surface area contributed by atoms with Crippen LogP contribution in [0.15, 0.2) is 48.5 Å². The van der Waals surface area contributed by atoms with Gasteiger partial charge in [0.15, 0.2) is 0 Å². The first-order chi connectivity index (χ1) is 8.77. The van der Waals surface area contributed by atoms with Crippen LogP contribution < -0.4 is 0 Å². The van der Waals surface area contributed by atoms with Crippen molar-refractivity contribution in [2.24, 2.45) is 0 Å². The third kappa shape index (κ3) is 3.76. The van der Waals surface area contributed by atoms with E-state index in [9.17, 15) is 0 Å². The summed E-state index contributed by atoms with van der Waals surface area (Å²) in [5.41, 5.74) is 3.16. The second-order valence-corrected chi connectivity index (χ2v) is 5.20. The van der Waals surface area contributed by atoms with Crippen LogP contribution in [-0.4, -0.2) is 0 Å². The maximum Gasteiger partial charge on any atom is 0.0592 e. The minimum absolute atomic E-state index is 0.606. The SMILES string of the molecule is Clc1ccccc1Cl.c1ccc2c(c1)CCCC2. The van der Waals surface area contributed by atoms with E-state index in [4.69, 9.17) is 23.2 Å². The molecule has 0 radical (unpaired) electrons. The monoisotopic (exact) mass is 278 g/mol. The smallest absolute Gasteiger partial charge is 0.0592 e. The van der Waals surface area contributed by atoms with Crippen LogP contribution in [0.4, 0.5) is 0 Å². The van der Waals surface area contributed by atoms with Gasteiger partial charge in [0.2, 0.25) is 0 Å². The van der Waals surface area contributed by atoms with Crippen LogP contribution in [0.5, 0.6) is 0 Å². The summed E-state index contributed by atoms with van der Waals surface area (Å²) < 4.78 is 0. The number of fused-ring (bicyclic) bond motifs is 1. The molecule has 0 aliphatic heterocycles. The molecule has 1 aliphatic rings. The highest BCUT2D eigenvalue weighted by Crippen LogP contribution is 2.20. The summed E-state index contributed by atoms with van der Waals surface area (Å²) in [7, 11) is 0. The van der Waals surface area contributed by atoms with Crippen molar-refractivity contribution in [1.82, 2.24) is 0 Å². The normalized spacial score (nSPS) is 13.2. The van der Waals surface area contributed by atoms with Crippen molar-refractivity contribution >= 4 is 23.2 Å². The summed E-state index contributed by atoms with van der Waals surface area (Å²) in [6.45, 7) is 0. The molecular weight excluding hydrogens is 263 g/mol. The summed E-state index contributed by atoms with van der Waals surface area (Å²) in [5, 5.41) is 1.21. The average Bonchev–Trinajstić information content (AvgIpc) is 2.43. The second-order valence-electron chi connectivity index (χ2n) is 4.39. The highest BCUT2D eigenvalue weighted by atomic mass is 35.5. The number of rotatable bonds is 0. The van der Waals surface area contributed by atoms with Crippen molar-refractivity contribution in [3.05, 3.63) is 69.7 Å². The molecule has 0 N–H and O–H groups in total. The van der Waals surface area contributed by atoms with Crippen LogP contribution in [0.2, 0.25) is 10.0 Å². The van der Waals surface area contributed by atoms with E-state index >= 15 is 0 Å². The highest BCUT2D eigenvalue weighted by molar-refractivity contribution is 6.41. The zero-order chi connectivity index (χ0) is 12.8. The van der Waals surface area contributed by atoms with E-state index in [0.29, 0.717) is 10.0 Å². The molecule has 0 fully saturated rings. The Balaban J connectivity index is 0.000000138. The van der Waals surface area contributed by atoms with E-state index in [2.05, 4.69) is 24.3 Å². The molecule has 0 atom stereocenters. The van der Waals surface area contributed by atoms with Crippen molar-refractivity contribution < 1.29 is 0 Å². The number of halogens is 2. The lowest BCUT2D eigenvalue weighted by Gasteiger charge is -2.13. The summed E-state index contributed by atoms with van der Waals surface area (Å²) in [4.78, 5) is 0. The third-order valence-corrected chi connectivity index (χ3v) is 3.84. The van der Waals surface area contributed by atoms with Crippen molar-refractivity contribution in [1.29, 1.82) is 0 Å². The molecule has 94 valence electrons. The van der Waals surface area contributed by atoms with Gasteiger partial charge in [-0.1, -0.05) is 59.6 Å². The van der Waals surface area contributed by atoms with E-state index in [-0.39, 0.29) is 0 Å². The standard InChI is InChI=1S/C10H12.C6H4Cl2/c1-2-6-10-8-4-3-7-9(10)5-1;7-5-3-1-2-4-6(5)8/h1-2,5-6H,3-4,7-8H2;1-4H. The molecule has 3 rings (SSSR count). The molecule has 0 unspecified atom stereocenters. The first kappa shape index (κ1) is 13.5. The largest absolute Gasteiger partial charge is 0.0827 e. The van der Waals surface area contributed by atoms with Gasteiger partial charge in [0.05, 0.1) is 10.0 Å². The third-order valence-electron chi connectivity index (χ3n) is 3.08. The van der Waals surface area contributed by atoms with E-state index in [0.717, 1.165) is 0 Å². The molecule has 0 saturated carbocycles. The first-order valence-electron chi connectivity index (χ1n) is 6.24. The Morgan fingerprint density at radius 3 is 1.39 bits per heavy atom. The first-order valence-corrected chi connectivity index (χ1v) is 7.00. The molecule has 0 saturated heterocycles. The van der Waals surface area contributed by atoms with Gasteiger partial charge < -0.3 is 0 Å². The van der Waals surface area contributed by atoms with Crippen molar-refractivity contribution in [2.45, 2.75) is 25.7 Å². The van der Waals surface area contributed by atoms with Crippen molar-refractivity contribution in [2.75, 3.05) is 0 Å². The van der Waals surface area contributed by atoms with Crippen molar-refractivity contribution in [3.8, 4) is 0 Å². The molecule has 0 aromatic heterocycles. The van der Waals surface area contributed by atoms with Gasteiger partial charge in [-0.05, 0) is 48.9 Å². The molecule has 2 heteroatoms. The Labute approximate surface area is 119 Å². The lowest BCUT2D eigenvalue weighted by atomic mass is 9.92. The summed E-state index contributed by atoms with van der Waals surface area (Å²) in [6.07, 6.45) is 5.38. The zero-order valence-electron chi connectivity index (χ0n) is 10.2. The summed E-state index contributed by atoms with van der Waals surface area (Å²) in [6, 6.07) is 16.0. The van der Waals surface area contributed by atoms with Crippen LogP contribution in [0, 0.1) is 0 Å². The van der Waals surface area contributed by atoms with Crippen LogP contribution >= 0.6 is 23.2 Å². The molecule has 0 bridgehead atoms. The number of aryl methyl sites for hydroxylation is 2. The maximum atomic E-state index is 5.58. The van der Waals surface area contributed by atoms with Crippen molar-refractivity contribution in [3.63, 3.8) is 0 Å². The van der Waals surface area contributed by atoms with Gasteiger partial charge in [-0.15, -0.1) is 0 Å². The van der Waals surface area contributed by atoms with Gasteiger partial charge in [-0.2, -0.15) is 0 Å². The van der Waals surface area contributed by atoms with Gasteiger partial charge in [-0.25, -0.2) is 0 Å². The van der Waals surface area contributed by atoms with Gasteiger partial charge in [0, 0.05) is 0 Å². The van der Waals surface area contributed by atoms with E-state index in [1.807, 2.05) is 12.1 Å². The fraction of sp³-hybridized carbons (Fsp3) is 0.250. The van der Waals surface area contributed by atoms with Crippen LogP contribution in [-0.2, 0) is 12.8 Å². The molecule has 18 heavy (non-hydrogen) atoms. The Morgan fingerprint density at radius 1 is 0.611 bits per heavy atom. The lowest BCUT2D eigenvalue weighted by Crippen LogP contribution is -2.00. The summed E-state index contributed by atoms with van der Waals surface area (Å²) in [5.74, 6) is 0. The van der Waals surface area contributed by atoms with E-state index in [1.165, 1.54) is 25.7 Å². The molecule has 2 aromatic carbocycles. The molecule has 0 amide bonds. The molecule has 1 aliphatic carbocycles. The molecule has 0 heterocycles. The number of hydrogen-bond acceptors (Lipinski definition) is 0. The minimum Gasteiger partial charge on any atom is -0.0827 e. The minimum atomic E-state index is 0.606. The molecular formula is C16H16Cl2. The lowest BCUT2D eigenvalue weighted by molar-refractivity contribution is 0.685. The Kier molecular flexibility index (Phi) is 5.10. The Morgan fingerprint density at radius 2 is 1.00 bits per heavy atom. The Bertz CT molecular complexity index is 460. The molecule has 0 spiro atoms. The van der Waals surface area contributed by atoms with Gasteiger partial charge >= 0.3 is 0 Å². The molecule has 2 aromatic rings.